The Morgan fingerprint density at radius 1 is 1.00 bits per heavy atom. The van der Waals surface area contributed by atoms with Crippen molar-refractivity contribution in [3.63, 3.8) is 0 Å². The third kappa shape index (κ3) is 5.58. The van der Waals surface area contributed by atoms with Gasteiger partial charge < -0.3 is 9.58 Å². The lowest BCUT2D eigenvalue weighted by atomic mass is 10.0. The molecule has 0 aromatic heterocycles. The van der Waals surface area contributed by atoms with Crippen molar-refractivity contribution in [1.82, 2.24) is 4.72 Å². The quantitative estimate of drug-likeness (QED) is 0.716. The molecule has 0 amide bonds. The Kier molecular flexibility index (Phi) is 6.78. The fourth-order valence-corrected chi connectivity index (χ4v) is 3.09. The first-order valence-corrected chi connectivity index (χ1v) is 10.0. The van der Waals surface area contributed by atoms with Crippen LogP contribution in [0.5, 0.6) is 5.75 Å². The maximum Gasteiger partial charge on any atom is 0.239 e. The summed E-state index contributed by atoms with van der Waals surface area (Å²) in [4.78, 5) is 3.38. The van der Waals surface area contributed by atoms with Crippen molar-refractivity contribution in [1.29, 1.82) is 0 Å². The van der Waals surface area contributed by atoms with E-state index in [9.17, 15) is 8.42 Å². The van der Waals surface area contributed by atoms with E-state index in [1.165, 1.54) is 0 Å². The predicted octanol–water partition coefficient (Wildman–Crippen LogP) is 3.87. The molecule has 0 aliphatic carbocycles. The summed E-state index contributed by atoms with van der Waals surface area (Å²) in [6.07, 6.45) is -0.276. The van der Waals surface area contributed by atoms with Crippen LogP contribution in [0.3, 0.4) is 0 Å². The monoisotopic (exact) mass is 372 g/mol. The summed E-state index contributed by atoms with van der Waals surface area (Å²) in [5, 5.41) is -0.463. The number of ether oxygens (including phenoxy) is 1. The molecule has 0 radical (unpaired) electrons. The lowest BCUT2D eigenvalue weighted by molar-refractivity contribution is 0.225. The van der Waals surface area contributed by atoms with Crippen LogP contribution in [-0.2, 0) is 16.6 Å². The van der Waals surface area contributed by atoms with E-state index in [1.54, 1.807) is 13.8 Å². The molecule has 0 bridgehead atoms. The van der Waals surface area contributed by atoms with Crippen LogP contribution in [0.1, 0.15) is 26.3 Å². The van der Waals surface area contributed by atoms with E-state index in [0.717, 1.165) is 16.7 Å². The van der Waals surface area contributed by atoms with Gasteiger partial charge in [-0.2, -0.15) is 0 Å². The molecule has 26 heavy (non-hydrogen) atoms. The van der Waals surface area contributed by atoms with Crippen molar-refractivity contribution in [2.45, 2.75) is 38.7 Å². The van der Waals surface area contributed by atoms with E-state index in [4.69, 9.17) is 11.3 Å². The van der Waals surface area contributed by atoms with Crippen LogP contribution in [0.2, 0.25) is 0 Å². The first-order valence-electron chi connectivity index (χ1n) is 8.49. The normalized spacial score (nSPS) is 12.6. The molecular weight excluding hydrogens is 348 g/mol. The van der Waals surface area contributed by atoms with Crippen molar-refractivity contribution in [3.05, 3.63) is 65.5 Å². The highest BCUT2D eigenvalue weighted by Gasteiger charge is 2.16. The second-order valence-electron chi connectivity index (χ2n) is 6.41. The number of rotatable bonds is 8. The van der Waals surface area contributed by atoms with Gasteiger partial charge in [0.2, 0.25) is 16.6 Å². The molecule has 1 N–H and O–H groups in total. The van der Waals surface area contributed by atoms with Gasteiger partial charge in [0.05, 0.1) is 5.25 Å². The minimum Gasteiger partial charge on any atom is -0.489 e. The third-order valence-electron chi connectivity index (χ3n) is 3.93. The van der Waals surface area contributed by atoms with Crippen molar-refractivity contribution in [3.8, 4) is 16.9 Å². The minimum atomic E-state index is -3.28. The summed E-state index contributed by atoms with van der Waals surface area (Å²) in [5.41, 5.74) is 3.13. The number of nitrogens with zero attached hydrogens (tertiary/aromatic N) is 1. The Bertz CT molecular complexity index is 851. The fourth-order valence-electron chi connectivity index (χ4n) is 2.29. The van der Waals surface area contributed by atoms with Gasteiger partial charge in [0, 0.05) is 12.1 Å². The molecule has 1 unspecified atom stereocenters. The van der Waals surface area contributed by atoms with Gasteiger partial charge in [-0.1, -0.05) is 36.4 Å². The highest BCUT2D eigenvalue weighted by molar-refractivity contribution is 7.90. The minimum absolute atomic E-state index is 0.227. The van der Waals surface area contributed by atoms with Crippen LogP contribution < -0.4 is 9.46 Å². The standard InChI is InChI=1S/C20H24N2O3S/c1-15(2)26(23,24)22-13-16(3)25-20-11-9-19(10-12-20)18-7-5-17(6-8-18)14-21-4/h5-12,15-16,22H,13-14H2,1-3H3. The molecule has 0 saturated heterocycles. The second kappa shape index (κ2) is 8.84. The molecule has 0 saturated carbocycles. The van der Waals surface area contributed by atoms with Crippen molar-refractivity contribution >= 4 is 10.0 Å². The van der Waals surface area contributed by atoms with E-state index >= 15 is 0 Å². The number of hydrogen-bond donors (Lipinski definition) is 1. The van der Waals surface area contributed by atoms with E-state index in [1.807, 2.05) is 55.5 Å². The van der Waals surface area contributed by atoms with Crippen LogP contribution in [-0.4, -0.2) is 26.3 Å². The lowest BCUT2D eigenvalue weighted by Gasteiger charge is -2.17. The summed E-state index contributed by atoms with van der Waals surface area (Å²) < 4.78 is 31.9. The Morgan fingerprint density at radius 2 is 1.54 bits per heavy atom. The molecule has 2 aromatic carbocycles. The molecular formula is C20H24N2O3S. The van der Waals surface area contributed by atoms with Crippen molar-refractivity contribution < 1.29 is 13.2 Å². The highest BCUT2D eigenvalue weighted by atomic mass is 32.2. The second-order valence-corrected chi connectivity index (χ2v) is 8.73. The summed E-state index contributed by atoms with van der Waals surface area (Å²) in [6.45, 7) is 12.6. The SMILES string of the molecule is [C-]#[N+]Cc1ccc(-c2ccc(OC(C)CNS(=O)(=O)C(C)C)cc2)cc1. The third-order valence-corrected chi connectivity index (χ3v) is 5.74. The van der Waals surface area contributed by atoms with Gasteiger partial charge in [0.15, 0.2) is 0 Å². The van der Waals surface area contributed by atoms with Gasteiger partial charge in [0.1, 0.15) is 11.9 Å². The molecule has 0 heterocycles. The highest BCUT2D eigenvalue weighted by Crippen LogP contribution is 2.23. The zero-order valence-corrected chi connectivity index (χ0v) is 16.1. The van der Waals surface area contributed by atoms with E-state index in [0.29, 0.717) is 12.3 Å². The average Bonchev–Trinajstić information content (AvgIpc) is 2.62. The van der Waals surface area contributed by atoms with Crippen LogP contribution >= 0.6 is 0 Å². The number of benzene rings is 2. The van der Waals surface area contributed by atoms with Crippen LogP contribution in [0.4, 0.5) is 0 Å². The zero-order valence-electron chi connectivity index (χ0n) is 15.3. The topological polar surface area (TPSA) is 59.8 Å². The van der Waals surface area contributed by atoms with E-state index < -0.39 is 15.3 Å². The van der Waals surface area contributed by atoms with Crippen LogP contribution in [0.25, 0.3) is 16.0 Å². The molecule has 0 fully saturated rings. The molecule has 0 spiro atoms. The van der Waals surface area contributed by atoms with Gasteiger partial charge in [-0.25, -0.2) is 19.7 Å². The molecule has 1 atom stereocenters. The Balaban J connectivity index is 1.95. The largest absolute Gasteiger partial charge is 0.489 e. The molecule has 2 rings (SSSR count). The first-order chi connectivity index (χ1) is 12.3. The Morgan fingerprint density at radius 3 is 2.04 bits per heavy atom. The predicted molar refractivity (Wildman–Crippen MR) is 104 cm³/mol. The smallest absolute Gasteiger partial charge is 0.239 e. The van der Waals surface area contributed by atoms with Gasteiger partial charge in [-0.05, 0) is 44.0 Å². The van der Waals surface area contributed by atoms with E-state index in [2.05, 4.69) is 9.57 Å². The molecule has 2 aromatic rings. The average molecular weight is 372 g/mol. The zero-order chi connectivity index (χ0) is 19.2. The first kappa shape index (κ1) is 20.0. The van der Waals surface area contributed by atoms with Crippen molar-refractivity contribution in [2.24, 2.45) is 0 Å². The van der Waals surface area contributed by atoms with Crippen LogP contribution in [0.15, 0.2) is 48.5 Å². The van der Waals surface area contributed by atoms with Gasteiger partial charge in [0.25, 0.3) is 0 Å². The summed E-state index contributed by atoms with van der Waals surface area (Å²) in [7, 11) is -3.28. The summed E-state index contributed by atoms with van der Waals surface area (Å²) in [5.74, 6) is 0.689. The maximum atomic E-state index is 11.8. The lowest BCUT2D eigenvalue weighted by Crippen LogP contribution is -2.37. The fraction of sp³-hybridized carbons (Fsp3) is 0.350. The number of sulfonamides is 1. The van der Waals surface area contributed by atoms with Crippen LogP contribution in [0, 0.1) is 6.57 Å². The summed E-state index contributed by atoms with van der Waals surface area (Å²) in [6, 6.07) is 15.6. The molecule has 138 valence electrons. The number of hydrogen-bond acceptors (Lipinski definition) is 3. The van der Waals surface area contributed by atoms with Gasteiger partial charge >= 0.3 is 0 Å². The maximum absolute atomic E-state index is 11.8. The van der Waals surface area contributed by atoms with E-state index in [-0.39, 0.29) is 12.6 Å². The van der Waals surface area contributed by atoms with Crippen molar-refractivity contribution in [2.75, 3.05) is 6.54 Å². The van der Waals surface area contributed by atoms with Gasteiger partial charge in [-0.3, -0.25) is 0 Å². The molecule has 0 aliphatic rings. The van der Waals surface area contributed by atoms with Gasteiger partial charge in [-0.15, -0.1) is 0 Å². The summed E-state index contributed by atoms with van der Waals surface area (Å²) >= 11 is 0. The molecule has 6 heteroatoms. The number of nitrogens with one attached hydrogen (secondary N) is 1. The Labute approximate surface area is 155 Å². The molecule has 5 nitrogen and oxygen atoms in total. The molecule has 0 aliphatic heterocycles. The Hall–Kier alpha value is -2.36.